The number of carbonyl (C=O) groups is 1. The van der Waals surface area contributed by atoms with Crippen molar-refractivity contribution in [2.75, 3.05) is 5.32 Å². The van der Waals surface area contributed by atoms with E-state index in [0.717, 1.165) is 22.6 Å². The number of aryl methyl sites for hydroxylation is 2. The Kier molecular flexibility index (Phi) is 4.71. The zero-order valence-electron chi connectivity index (χ0n) is 16.9. The second kappa shape index (κ2) is 7.19. The number of amides is 2. The van der Waals surface area contributed by atoms with E-state index in [-0.39, 0.29) is 18.0 Å². The normalized spacial score (nSPS) is 15.8. The van der Waals surface area contributed by atoms with Gasteiger partial charge in [-0.05, 0) is 66.8 Å². The number of nitrogens with zero attached hydrogens (tertiary/aromatic N) is 2. The lowest BCUT2D eigenvalue weighted by Crippen LogP contribution is -2.39. The fraction of sp³-hybridized carbons (Fsp3) is 0.292. The Morgan fingerprint density at radius 3 is 2.57 bits per heavy atom. The Balaban J connectivity index is 1.74. The summed E-state index contributed by atoms with van der Waals surface area (Å²) in [4.78, 5) is 15.3. The number of anilines is 1. The molecule has 0 saturated heterocycles. The number of benzene rings is 2. The number of hydrogen-bond acceptors (Lipinski definition) is 1. The predicted molar refractivity (Wildman–Crippen MR) is 114 cm³/mol. The van der Waals surface area contributed by atoms with Crippen LogP contribution in [0, 0.1) is 19.8 Å². The van der Waals surface area contributed by atoms with Gasteiger partial charge in [-0.2, -0.15) is 0 Å². The lowest BCUT2D eigenvalue weighted by Gasteiger charge is -2.33. The average Bonchev–Trinajstić information content (AvgIpc) is 3.08. The summed E-state index contributed by atoms with van der Waals surface area (Å²) >= 11 is 0. The SMILES string of the molecule is Cc1ccc(NC(=O)N2Cc3ccccc3-n3cccc3[C@H]2C(C)C)cc1C. The number of fused-ring (bicyclic) bond motifs is 3. The number of carbonyl (C=O) groups excluding carboxylic acids is 1. The van der Waals surface area contributed by atoms with Crippen LogP contribution in [0.3, 0.4) is 0 Å². The van der Waals surface area contributed by atoms with Crippen molar-refractivity contribution in [3.05, 3.63) is 83.2 Å². The number of aromatic nitrogens is 1. The van der Waals surface area contributed by atoms with E-state index >= 15 is 0 Å². The summed E-state index contributed by atoms with van der Waals surface area (Å²) in [5, 5.41) is 3.12. The molecular formula is C24H27N3O. The first-order valence-corrected chi connectivity index (χ1v) is 9.86. The number of urea groups is 1. The summed E-state index contributed by atoms with van der Waals surface area (Å²) in [6.07, 6.45) is 2.09. The molecule has 0 spiro atoms. The second-order valence-corrected chi connectivity index (χ2v) is 7.98. The van der Waals surface area contributed by atoms with Crippen LogP contribution >= 0.6 is 0 Å². The molecule has 3 aromatic rings. The molecular weight excluding hydrogens is 346 g/mol. The molecule has 1 aliphatic rings. The number of hydrogen-bond donors (Lipinski definition) is 1. The molecule has 0 radical (unpaired) electrons. The minimum absolute atomic E-state index is 0.00561. The van der Waals surface area contributed by atoms with Gasteiger partial charge in [-0.15, -0.1) is 0 Å². The Morgan fingerprint density at radius 1 is 1.04 bits per heavy atom. The van der Waals surface area contributed by atoms with Crippen molar-refractivity contribution in [2.24, 2.45) is 5.92 Å². The Morgan fingerprint density at radius 2 is 1.82 bits per heavy atom. The molecule has 2 aromatic carbocycles. The maximum absolute atomic E-state index is 13.4. The van der Waals surface area contributed by atoms with Crippen molar-refractivity contribution in [1.82, 2.24) is 9.47 Å². The molecule has 4 rings (SSSR count). The summed E-state index contributed by atoms with van der Waals surface area (Å²) in [5.41, 5.74) is 6.68. The lowest BCUT2D eigenvalue weighted by molar-refractivity contribution is 0.162. The van der Waals surface area contributed by atoms with Crippen LogP contribution in [-0.2, 0) is 6.54 Å². The van der Waals surface area contributed by atoms with Crippen molar-refractivity contribution in [3.63, 3.8) is 0 Å². The van der Waals surface area contributed by atoms with Crippen LogP contribution in [-0.4, -0.2) is 15.5 Å². The van der Waals surface area contributed by atoms with Crippen LogP contribution in [0.25, 0.3) is 5.69 Å². The van der Waals surface area contributed by atoms with E-state index in [1.165, 1.54) is 11.1 Å². The molecule has 1 atom stereocenters. The monoisotopic (exact) mass is 373 g/mol. The number of rotatable bonds is 2. The number of para-hydroxylation sites is 1. The third-order valence-electron chi connectivity index (χ3n) is 5.66. The van der Waals surface area contributed by atoms with Crippen molar-refractivity contribution in [3.8, 4) is 5.69 Å². The van der Waals surface area contributed by atoms with Crippen LogP contribution in [0.4, 0.5) is 10.5 Å². The van der Waals surface area contributed by atoms with Crippen LogP contribution in [0.15, 0.2) is 60.8 Å². The molecule has 0 bridgehead atoms. The standard InChI is InChI=1S/C24H27N3O/c1-16(2)23-22-10-7-13-26(22)21-9-6-5-8-19(21)15-27(23)24(28)25-20-12-11-17(3)18(4)14-20/h5-14,16,23H,15H2,1-4H3,(H,25,28)/t23-/m1/s1. The molecule has 0 saturated carbocycles. The largest absolute Gasteiger partial charge is 0.322 e. The van der Waals surface area contributed by atoms with Crippen molar-refractivity contribution in [1.29, 1.82) is 0 Å². The van der Waals surface area contributed by atoms with Gasteiger partial charge in [0.25, 0.3) is 0 Å². The van der Waals surface area contributed by atoms with Gasteiger partial charge in [0.2, 0.25) is 0 Å². The van der Waals surface area contributed by atoms with E-state index in [1.54, 1.807) is 0 Å². The van der Waals surface area contributed by atoms with Gasteiger partial charge in [0.05, 0.1) is 18.3 Å². The fourth-order valence-corrected chi connectivity index (χ4v) is 4.09. The van der Waals surface area contributed by atoms with E-state index in [4.69, 9.17) is 0 Å². The minimum atomic E-state index is -0.0635. The van der Waals surface area contributed by atoms with Gasteiger partial charge in [0.1, 0.15) is 0 Å². The zero-order chi connectivity index (χ0) is 19.8. The molecule has 4 heteroatoms. The zero-order valence-corrected chi connectivity index (χ0v) is 16.9. The summed E-state index contributed by atoms with van der Waals surface area (Å²) in [7, 11) is 0. The molecule has 2 amide bonds. The summed E-state index contributed by atoms with van der Waals surface area (Å²) in [6, 6.07) is 18.5. The van der Waals surface area contributed by atoms with Gasteiger partial charge >= 0.3 is 6.03 Å². The molecule has 0 unspecified atom stereocenters. The third kappa shape index (κ3) is 3.19. The van der Waals surface area contributed by atoms with Gasteiger partial charge < -0.3 is 14.8 Å². The Bertz CT molecular complexity index is 1020. The van der Waals surface area contributed by atoms with E-state index in [9.17, 15) is 4.79 Å². The van der Waals surface area contributed by atoms with Gasteiger partial charge in [0.15, 0.2) is 0 Å². The van der Waals surface area contributed by atoms with Gasteiger partial charge in [-0.3, -0.25) is 0 Å². The van der Waals surface area contributed by atoms with Crippen LogP contribution in [0.2, 0.25) is 0 Å². The van der Waals surface area contributed by atoms with Gasteiger partial charge in [0, 0.05) is 17.6 Å². The molecule has 0 fully saturated rings. The highest BCUT2D eigenvalue weighted by molar-refractivity contribution is 5.90. The topological polar surface area (TPSA) is 37.3 Å². The van der Waals surface area contributed by atoms with E-state index in [2.05, 4.69) is 74.1 Å². The van der Waals surface area contributed by atoms with E-state index in [1.807, 2.05) is 29.2 Å². The highest BCUT2D eigenvalue weighted by Gasteiger charge is 2.33. The summed E-state index contributed by atoms with van der Waals surface area (Å²) in [5.74, 6) is 0.286. The van der Waals surface area contributed by atoms with Gasteiger partial charge in [-0.25, -0.2) is 4.79 Å². The average molecular weight is 374 g/mol. The third-order valence-corrected chi connectivity index (χ3v) is 5.66. The van der Waals surface area contributed by atoms with Crippen molar-refractivity contribution in [2.45, 2.75) is 40.3 Å². The minimum Gasteiger partial charge on any atom is -0.318 e. The molecule has 1 aromatic heterocycles. The fourth-order valence-electron chi connectivity index (χ4n) is 4.09. The maximum Gasteiger partial charge on any atom is 0.322 e. The lowest BCUT2D eigenvalue weighted by atomic mass is 9.99. The van der Waals surface area contributed by atoms with E-state index < -0.39 is 0 Å². The number of nitrogens with one attached hydrogen (secondary N) is 1. The quantitative estimate of drug-likeness (QED) is 0.602. The van der Waals surface area contributed by atoms with Crippen LogP contribution in [0.1, 0.15) is 42.3 Å². The van der Waals surface area contributed by atoms with Crippen molar-refractivity contribution >= 4 is 11.7 Å². The first kappa shape index (κ1) is 18.4. The summed E-state index contributed by atoms with van der Waals surface area (Å²) < 4.78 is 2.23. The van der Waals surface area contributed by atoms with Crippen LogP contribution < -0.4 is 5.32 Å². The Labute approximate surface area is 166 Å². The summed E-state index contributed by atoms with van der Waals surface area (Å²) in [6.45, 7) is 9.08. The highest BCUT2D eigenvalue weighted by atomic mass is 16.2. The molecule has 144 valence electrons. The molecule has 1 aliphatic heterocycles. The smallest absolute Gasteiger partial charge is 0.318 e. The van der Waals surface area contributed by atoms with E-state index in [0.29, 0.717) is 6.54 Å². The highest BCUT2D eigenvalue weighted by Crippen LogP contribution is 2.36. The predicted octanol–water partition coefficient (Wildman–Crippen LogP) is 5.84. The maximum atomic E-state index is 13.4. The second-order valence-electron chi connectivity index (χ2n) is 7.98. The van der Waals surface area contributed by atoms with Crippen LogP contribution in [0.5, 0.6) is 0 Å². The first-order chi connectivity index (χ1) is 13.5. The first-order valence-electron chi connectivity index (χ1n) is 9.86. The molecule has 4 nitrogen and oxygen atoms in total. The van der Waals surface area contributed by atoms with Gasteiger partial charge in [-0.1, -0.05) is 38.1 Å². The molecule has 1 N–H and O–H groups in total. The molecule has 0 aliphatic carbocycles. The molecule has 28 heavy (non-hydrogen) atoms. The van der Waals surface area contributed by atoms with Crippen molar-refractivity contribution < 1.29 is 4.79 Å². The Hall–Kier alpha value is -3.01. The molecule has 2 heterocycles.